The Kier molecular flexibility index (Phi) is 2.27. The van der Waals surface area contributed by atoms with Crippen LogP contribution in [0.3, 0.4) is 0 Å². The summed E-state index contributed by atoms with van der Waals surface area (Å²) in [4.78, 5) is 0. The van der Waals surface area contributed by atoms with Crippen LogP contribution in [0.2, 0.25) is 0 Å². The van der Waals surface area contributed by atoms with Crippen LogP contribution in [0.25, 0.3) is 0 Å². The Morgan fingerprint density at radius 1 is 1.75 bits per heavy atom. The quantitative estimate of drug-likeness (QED) is 0.395. The van der Waals surface area contributed by atoms with Crippen molar-refractivity contribution in [2.24, 2.45) is 0 Å². The molecule has 3 heteroatoms. The minimum absolute atomic E-state index is 0.104. The highest BCUT2D eigenvalue weighted by Gasteiger charge is 2.21. The van der Waals surface area contributed by atoms with E-state index in [1.165, 1.54) is 0 Å². The van der Waals surface area contributed by atoms with E-state index in [1.807, 2.05) is 0 Å². The lowest BCUT2D eigenvalue weighted by Gasteiger charge is -1.95. The summed E-state index contributed by atoms with van der Waals surface area (Å²) in [5, 5.41) is 8.23. The molecular formula is C5H10O3. The Hall–Kier alpha value is -0.120. The lowest BCUT2D eigenvalue weighted by Crippen LogP contribution is -2.04. The first-order valence-electron chi connectivity index (χ1n) is 2.73. The van der Waals surface area contributed by atoms with E-state index in [-0.39, 0.29) is 6.61 Å². The number of aliphatic hydroxyl groups excluding tert-OH is 1. The maximum atomic E-state index is 8.23. The van der Waals surface area contributed by atoms with Crippen molar-refractivity contribution in [3.8, 4) is 0 Å². The zero-order valence-electron chi connectivity index (χ0n) is 4.67. The standard InChI is InChI=1S/C5H10O3/c6-1-2-7-3-5-4-8-5/h5-6H,1-4H2/t5-/m1/s1. The van der Waals surface area contributed by atoms with Gasteiger partial charge in [0.05, 0.1) is 26.4 Å². The summed E-state index contributed by atoms with van der Waals surface area (Å²) in [5.41, 5.74) is 0. The van der Waals surface area contributed by atoms with Gasteiger partial charge < -0.3 is 14.6 Å². The molecule has 0 aromatic carbocycles. The molecule has 0 saturated carbocycles. The monoisotopic (exact) mass is 118 g/mol. The highest BCUT2D eigenvalue weighted by atomic mass is 16.6. The average molecular weight is 118 g/mol. The summed E-state index contributed by atoms with van der Waals surface area (Å²) in [7, 11) is 0. The molecule has 0 aromatic heterocycles. The van der Waals surface area contributed by atoms with E-state index < -0.39 is 0 Å². The Labute approximate surface area is 48.2 Å². The minimum atomic E-state index is 0.104. The van der Waals surface area contributed by atoms with E-state index in [0.717, 1.165) is 6.61 Å². The first-order chi connectivity index (χ1) is 3.93. The number of rotatable bonds is 4. The molecule has 0 bridgehead atoms. The van der Waals surface area contributed by atoms with Crippen LogP contribution in [0.5, 0.6) is 0 Å². The maximum Gasteiger partial charge on any atom is 0.104 e. The van der Waals surface area contributed by atoms with E-state index in [0.29, 0.717) is 19.3 Å². The Morgan fingerprint density at radius 2 is 2.50 bits per heavy atom. The Morgan fingerprint density at radius 3 is 3.00 bits per heavy atom. The SMILES string of the molecule is OCCOC[C@@H]1CO1. The summed E-state index contributed by atoms with van der Waals surface area (Å²) >= 11 is 0. The smallest absolute Gasteiger partial charge is 0.104 e. The van der Waals surface area contributed by atoms with Crippen LogP contribution in [0.1, 0.15) is 0 Å². The molecule has 1 rings (SSSR count). The molecule has 0 aromatic rings. The van der Waals surface area contributed by atoms with Gasteiger partial charge in [-0.05, 0) is 0 Å². The van der Waals surface area contributed by atoms with Crippen molar-refractivity contribution in [2.45, 2.75) is 6.10 Å². The van der Waals surface area contributed by atoms with Gasteiger partial charge in [-0.1, -0.05) is 0 Å². The second kappa shape index (κ2) is 3.02. The molecule has 0 radical (unpaired) electrons. The summed E-state index contributed by atoms with van der Waals surface area (Å²) in [5.74, 6) is 0. The molecule has 1 heterocycles. The fourth-order valence-electron chi connectivity index (χ4n) is 0.444. The molecule has 1 fully saturated rings. The van der Waals surface area contributed by atoms with Crippen LogP contribution in [-0.2, 0) is 9.47 Å². The number of ether oxygens (including phenoxy) is 2. The van der Waals surface area contributed by atoms with Gasteiger partial charge in [0, 0.05) is 0 Å². The van der Waals surface area contributed by atoms with Crippen molar-refractivity contribution in [3.05, 3.63) is 0 Å². The zero-order chi connectivity index (χ0) is 5.82. The molecule has 1 aliphatic rings. The number of aliphatic hydroxyl groups is 1. The number of hydrogen-bond donors (Lipinski definition) is 1. The molecule has 0 aliphatic carbocycles. The van der Waals surface area contributed by atoms with E-state index in [9.17, 15) is 0 Å². The molecule has 0 unspecified atom stereocenters. The topological polar surface area (TPSA) is 42.0 Å². The van der Waals surface area contributed by atoms with Gasteiger partial charge in [-0.15, -0.1) is 0 Å². The van der Waals surface area contributed by atoms with Crippen LogP contribution >= 0.6 is 0 Å². The molecule has 1 N–H and O–H groups in total. The van der Waals surface area contributed by atoms with Gasteiger partial charge in [-0.2, -0.15) is 0 Å². The molecule has 3 nitrogen and oxygen atoms in total. The Bertz CT molecular complexity index is 60.7. The average Bonchev–Trinajstić information content (AvgIpc) is 2.51. The second-order valence-corrected chi connectivity index (χ2v) is 1.75. The molecule has 0 spiro atoms. The molecule has 1 aliphatic heterocycles. The van der Waals surface area contributed by atoms with Crippen LogP contribution in [-0.4, -0.2) is 37.6 Å². The summed E-state index contributed by atoms with van der Waals surface area (Å²) in [6.45, 7) is 2.00. The van der Waals surface area contributed by atoms with Crippen molar-refractivity contribution in [2.75, 3.05) is 26.4 Å². The third kappa shape index (κ3) is 2.26. The van der Waals surface area contributed by atoms with Crippen molar-refractivity contribution in [1.29, 1.82) is 0 Å². The van der Waals surface area contributed by atoms with Crippen molar-refractivity contribution in [3.63, 3.8) is 0 Å². The maximum absolute atomic E-state index is 8.23. The summed E-state index contributed by atoms with van der Waals surface area (Å²) in [6, 6.07) is 0. The Balaban J connectivity index is 1.74. The van der Waals surface area contributed by atoms with Gasteiger partial charge in [0.15, 0.2) is 0 Å². The van der Waals surface area contributed by atoms with Crippen molar-refractivity contribution < 1.29 is 14.6 Å². The van der Waals surface area contributed by atoms with Crippen LogP contribution < -0.4 is 0 Å². The van der Waals surface area contributed by atoms with Gasteiger partial charge in [0.25, 0.3) is 0 Å². The minimum Gasteiger partial charge on any atom is -0.394 e. The second-order valence-electron chi connectivity index (χ2n) is 1.75. The van der Waals surface area contributed by atoms with Crippen LogP contribution in [0.15, 0.2) is 0 Å². The largest absolute Gasteiger partial charge is 0.394 e. The van der Waals surface area contributed by atoms with Crippen molar-refractivity contribution >= 4 is 0 Å². The third-order valence-corrected chi connectivity index (χ3v) is 0.942. The fourth-order valence-corrected chi connectivity index (χ4v) is 0.444. The zero-order valence-corrected chi connectivity index (χ0v) is 4.67. The van der Waals surface area contributed by atoms with Crippen LogP contribution in [0.4, 0.5) is 0 Å². The molecular weight excluding hydrogens is 108 g/mol. The van der Waals surface area contributed by atoms with E-state index >= 15 is 0 Å². The summed E-state index contributed by atoms with van der Waals surface area (Å²) < 4.78 is 9.78. The van der Waals surface area contributed by atoms with Gasteiger partial charge in [-0.3, -0.25) is 0 Å². The first-order valence-corrected chi connectivity index (χ1v) is 2.73. The molecule has 0 amide bonds. The fraction of sp³-hybridized carbons (Fsp3) is 1.00. The highest BCUT2D eigenvalue weighted by molar-refractivity contribution is 4.66. The van der Waals surface area contributed by atoms with Gasteiger partial charge >= 0.3 is 0 Å². The lowest BCUT2D eigenvalue weighted by molar-refractivity contribution is 0.0810. The van der Waals surface area contributed by atoms with Crippen LogP contribution in [0, 0.1) is 0 Å². The molecule has 48 valence electrons. The van der Waals surface area contributed by atoms with Gasteiger partial charge in [-0.25, -0.2) is 0 Å². The number of hydrogen-bond acceptors (Lipinski definition) is 3. The normalized spacial score (nSPS) is 25.9. The molecule has 1 atom stereocenters. The van der Waals surface area contributed by atoms with E-state index in [4.69, 9.17) is 14.6 Å². The first kappa shape index (κ1) is 6.01. The van der Waals surface area contributed by atoms with Gasteiger partial charge in [0.1, 0.15) is 6.10 Å². The predicted octanol–water partition coefficient (Wildman–Crippen LogP) is -0.606. The highest BCUT2D eigenvalue weighted by Crippen LogP contribution is 2.07. The van der Waals surface area contributed by atoms with Crippen molar-refractivity contribution in [1.82, 2.24) is 0 Å². The molecule has 8 heavy (non-hydrogen) atoms. The molecule has 1 saturated heterocycles. The summed E-state index contributed by atoms with van der Waals surface area (Å²) in [6.07, 6.45) is 0.321. The lowest BCUT2D eigenvalue weighted by atomic mass is 10.5. The van der Waals surface area contributed by atoms with E-state index in [2.05, 4.69) is 0 Å². The number of epoxide rings is 1. The van der Waals surface area contributed by atoms with Gasteiger partial charge in [0.2, 0.25) is 0 Å². The predicted molar refractivity (Wildman–Crippen MR) is 27.6 cm³/mol. The third-order valence-electron chi connectivity index (χ3n) is 0.942. The van der Waals surface area contributed by atoms with E-state index in [1.54, 1.807) is 0 Å².